The van der Waals surface area contributed by atoms with Crippen molar-refractivity contribution in [3.8, 4) is 11.5 Å². The molecule has 0 saturated heterocycles. The third-order valence-corrected chi connectivity index (χ3v) is 3.14. The Morgan fingerprint density at radius 1 is 1.16 bits per heavy atom. The van der Waals surface area contributed by atoms with E-state index in [0.29, 0.717) is 10.8 Å². The molecule has 0 fully saturated rings. The van der Waals surface area contributed by atoms with Crippen LogP contribution in [0.4, 0.5) is 11.4 Å². The van der Waals surface area contributed by atoms with Gasteiger partial charge in [-0.05, 0) is 18.2 Å². The lowest BCUT2D eigenvalue weighted by Gasteiger charge is -2.10. The predicted octanol–water partition coefficient (Wildman–Crippen LogP) is 4.28. The summed E-state index contributed by atoms with van der Waals surface area (Å²) in [5.74, 6) is 0.601. The van der Waals surface area contributed by atoms with Crippen LogP contribution in [0.3, 0.4) is 0 Å². The number of benzene rings is 2. The van der Waals surface area contributed by atoms with Gasteiger partial charge in [0.05, 0.1) is 15.6 Å². The number of nitrogen functional groups attached to an aromatic ring is 1. The Hall–Kier alpha value is -1.98. The second-order valence-electron chi connectivity index (χ2n) is 3.63. The first kappa shape index (κ1) is 13.5. The molecule has 0 aliphatic carbocycles. The molecule has 0 atom stereocenters. The molecule has 0 saturated carbocycles. The molecule has 0 aliphatic heterocycles. The summed E-state index contributed by atoms with van der Waals surface area (Å²) in [6.07, 6.45) is 0. The Kier molecular flexibility index (Phi) is 3.78. The van der Waals surface area contributed by atoms with E-state index in [1.807, 2.05) is 0 Å². The van der Waals surface area contributed by atoms with Crippen LogP contribution in [-0.2, 0) is 0 Å². The first-order chi connectivity index (χ1) is 8.99. The molecule has 2 rings (SSSR count). The first-order valence-corrected chi connectivity index (χ1v) is 5.90. The summed E-state index contributed by atoms with van der Waals surface area (Å²) in [7, 11) is 0. The van der Waals surface area contributed by atoms with Gasteiger partial charge in [-0.3, -0.25) is 10.1 Å². The van der Waals surface area contributed by atoms with Crippen LogP contribution >= 0.6 is 23.2 Å². The summed E-state index contributed by atoms with van der Waals surface area (Å²) in [5.41, 5.74) is 5.72. The van der Waals surface area contributed by atoms with E-state index in [0.717, 1.165) is 0 Å². The van der Waals surface area contributed by atoms with Crippen molar-refractivity contribution in [3.63, 3.8) is 0 Å². The maximum absolute atomic E-state index is 10.6. The van der Waals surface area contributed by atoms with E-state index in [2.05, 4.69) is 0 Å². The summed E-state index contributed by atoms with van der Waals surface area (Å²) in [6, 6.07) is 8.83. The van der Waals surface area contributed by atoms with Crippen LogP contribution in [0.5, 0.6) is 11.5 Å². The number of halogens is 2. The minimum Gasteiger partial charge on any atom is -0.454 e. The number of nitrogens with two attached hydrogens (primary N) is 1. The molecule has 98 valence electrons. The molecule has 2 aromatic carbocycles. The van der Waals surface area contributed by atoms with Crippen molar-refractivity contribution in [1.82, 2.24) is 0 Å². The molecule has 0 heterocycles. The molecule has 0 aromatic heterocycles. The van der Waals surface area contributed by atoms with Crippen LogP contribution in [0.15, 0.2) is 36.4 Å². The minimum absolute atomic E-state index is 0.109. The van der Waals surface area contributed by atoms with Gasteiger partial charge in [-0.25, -0.2) is 0 Å². The topological polar surface area (TPSA) is 78.4 Å². The molecular weight excluding hydrogens is 291 g/mol. The molecule has 0 bridgehead atoms. The van der Waals surface area contributed by atoms with E-state index in [4.69, 9.17) is 33.7 Å². The Morgan fingerprint density at radius 3 is 2.53 bits per heavy atom. The van der Waals surface area contributed by atoms with E-state index in [1.54, 1.807) is 18.2 Å². The normalized spacial score (nSPS) is 10.2. The molecular formula is C12H8Cl2N2O3. The summed E-state index contributed by atoms with van der Waals surface area (Å²) >= 11 is 11.8. The molecule has 0 radical (unpaired) electrons. The van der Waals surface area contributed by atoms with E-state index < -0.39 is 4.92 Å². The molecule has 0 unspecified atom stereocenters. The van der Waals surface area contributed by atoms with Gasteiger partial charge in [0.15, 0.2) is 5.75 Å². The zero-order chi connectivity index (χ0) is 14.0. The van der Waals surface area contributed by atoms with E-state index in [-0.39, 0.29) is 22.1 Å². The second-order valence-corrected chi connectivity index (χ2v) is 4.42. The predicted molar refractivity (Wildman–Crippen MR) is 74.0 cm³/mol. The van der Waals surface area contributed by atoms with Gasteiger partial charge in [-0.1, -0.05) is 29.3 Å². The van der Waals surface area contributed by atoms with Crippen molar-refractivity contribution in [3.05, 3.63) is 56.6 Å². The molecule has 0 spiro atoms. The van der Waals surface area contributed by atoms with Crippen molar-refractivity contribution >= 4 is 34.6 Å². The Labute approximate surface area is 118 Å². The van der Waals surface area contributed by atoms with Gasteiger partial charge in [0.1, 0.15) is 10.8 Å². The number of non-ortho nitro benzene ring substituents is 1. The van der Waals surface area contributed by atoms with Crippen molar-refractivity contribution in [2.75, 3.05) is 5.73 Å². The number of hydrogen-bond acceptors (Lipinski definition) is 4. The van der Waals surface area contributed by atoms with Crippen LogP contribution in [0.2, 0.25) is 10.0 Å². The molecule has 0 amide bonds. The van der Waals surface area contributed by atoms with E-state index >= 15 is 0 Å². The van der Waals surface area contributed by atoms with Crippen LogP contribution in [0, 0.1) is 10.1 Å². The highest BCUT2D eigenvalue weighted by Crippen LogP contribution is 2.37. The number of hydrogen-bond donors (Lipinski definition) is 1. The average Bonchev–Trinajstić information content (AvgIpc) is 2.37. The summed E-state index contributed by atoms with van der Waals surface area (Å²) < 4.78 is 5.49. The van der Waals surface area contributed by atoms with Gasteiger partial charge in [-0.2, -0.15) is 0 Å². The number of rotatable bonds is 3. The van der Waals surface area contributed by atoms with Crippen LogP contribution in [0.1, 0.15) is 0 Å². The second kappa shape index (κ2) is 5.34. The summed E-state index contributed by atoms with van der Waals surface area (Å²) in [4.78, 5) is 10.1. The highest BCUT2D eigenvalue weighted by atomic mass is 35.5. The minimum atomic E-state index is -0.535. The van der Waals surface area contributed by atoms with Gasteiger partial charge in [-0.15, -0.1) is 0 Å². The third-order valence-electron chi connectivity index (χ3n) is 2.34. The van der Waals surface area contributed by atoms with Gasteiger partial charge in [0.25, 0.3) is 5.69 Å². The number of nitro benzene ring substituents is 1. The van der Waals surface area contributed by atoms with Crippen molar-refractivity contribution in [1.29, 1.82) is 0 Å². The number of nitrogens with zero attached hydrogens (tertiary/aromatic N) is 1. The first-order valence-electron chi connectivity index (χ1n) is 5.15. The molecule has 5 nitrogen and oxygen atoms in total. The molecule has 0 aliphatic rings. The fourth-order valence-electron chi connectivity index (χ4n) is 1.42. The van der Waals surface area contributed by atoms with Gasteiger partial charge in [0.2, 0.25) is 0 Å². The Morgan fingerprint density at radius 2 is 1.89 bits per heavy atom. The number of ether oxygens (including phenoxy) is 1. The van der Waals surface area contributed by atoms with Gasteiger partial charge in [0, 0.05) is 12.1 Å². The van der Waals surface area contributed by atoms with E-state index in [1.165, 1.54) is 18.2 Å². The number of anilines is 1. The van der Waals surface area contributed by atoms with Crippen molar-refractivity contribution in [2.45, 2.75) is 0 Å². The Balaban J connectivity index is 2.34. The van der Waals surface area contributed by atoms with Gasteiger partial charge < -0.3 is 10.5 Å². The molecule has 19 heavy (non-hydrogen) atoms. The van der Waals surface area contributed by atoms with Crippen LogP contribution < -0.4 is 10.5 Å². The van der Waals surface area contributed by atoms with Crippen LogP contribution in [-0.4, -0.2) is 4.92 Å². The quantitative estimate of drug-likeness (QED) is 0.521. The fourth-order valence-corrected chi connectivity index (χ4v) is 1.75. The lowest BCUT2D eigenvalue weighted by molar-refractivity contribution is -0.384. The number of nitro groups is 1. The maximum atomic E-state index is 10.6. The highest BCUT2D eigenvalue weighted by molar-refractivity contribution is 6.42. The average molecular weight is 299 g/mol. The standard InChI is InChI=1S/C12H8Cl2N2O3/c13-8-2-1-3-11(12(8)14)19-10-5-4-7(16(17)18)6-9(10)15/h1-6H,15H2. The van der Waals surface area contributed by atoms with Gasteiger partial charge >= 0.3 is 0 Å². The van der Waals surface area contributed by atoms with Crippen molar-refractivity contribution in [2.24, 2.45) is 0 Å². The summed E-state index contributed by atoms with van der Waals surface area (Å²) in [5, 5.41) is 11.2. The van der Waals surface area contributed by atoms with Crippen LogP contribution in [0.25, 0.3) is 0 Å². The molecule has 7 heteroatoms. The van der Waals surface area contributed by atoms with Crippen molar-refractivity contribution < 1.29 is 9.66 Å². The summed E-state index contributed by atoms with van der Waals surface area (Å²) in [6.45, 7) is 0. The highest BCUT2D eigenvalue weighted by Gasteiger charge is 2.12. The molecule has 2 N–H and O–H groups in total. The monoisotopic (exact) mass is 298 g/mol. The SMILES string of the molecule is Nc1cc([N+](=O)[O-])ccc1Oc1cccc(Cl)c1Cl. The zero-order valence-electron chi connectivity index (χ0n) is 9.47. The zero-order valence-corrected chi connectivity index (χ0v) is 11.0. The third kappa shape index (κ3) is 2.89. The van der Waals surface area contributed by atoms with E-state index in [9.17, 15) is 10.1 Å². The fraction of sp³-hybridized carbons (Fsp3) is 0. The lowest BCUT2D eigenvalue weighted by Crippen LogP contribution is -1.95. The smallest absolute Gasteiger partial charge is 0.271 e. The molecule has 2 aromatic rings. The maximum Gasteiger partial charge on any atom is 0.271 e. The largest absolute Gasteiger partial charge is 0.454 e. The lowest BCUT2D eigenvalue weighted by atomic mass is 10.2. The Bertz CT molecular complexity index is 647.